The Balaban J connectivity index is 2.25. The van der Waals surface area contributed by atoms with Gasteiger partial charge in [-0.2, -0.15) is 4.98 Å². The van der Waals surface area contributed by atoms with E-state index in [0.29, 0.717) is 11.0 Å². The van der Waals surface area contributed by atoms with Crippen LogP contribution in [0.1, 0.15) is 0 Å². The smallest absolute Gasteiger partial charge is 0.345 e. The van der Waals surface area contributed by atoms with Crippen LogP contribution < -0.4 is 5.69 Å². The quantitative estimate of drug-likeness (QED) is 0.719. The molecule has 3 rings (SSSR count). The highest BCUT2D eigenvalue weighted by Crippen LogP contribution is 2.27. The standard InChI is InChI=1S/C12H6F2N2O2/c13-7-1-2-9-6(3-7)4-10(18-9)11-8(14)5-15-12(17)16-11/h1-5H,(H,15,16,17). The molecule has 18 heavy (non-hydrogen) atoms. The highest BCUT2D eigenvalue weighted by Gasteiger charge is 2.12. The second-order valence-corrected chi connectivity index (χ2v) is 3.70. The zero-order valence-corrected chi connectivity index (χ0v) is 8.91. The van der Waals surface area contributed by atoms with Crippen molar-refractivity contribution in [2.45, 2.75) is 0 Å². The van der Waals surface area contributed by atoms with Crippen molar-refractivity contribution in [3.63, 3.8) is 0 Å². The van der Waals surface area contributed by atoms with E-state index in [2.05, 4.69) is 9.97 Å². The van der Waals surface area contributed by atoms with E-state index in [1.165, 1.54) is 24.3 Å². The molecule has 0 bridgehead atoms. The van der Waals surface area contributed by atoms with Crippen LogP contribution in [0.3, 0.4) is 0 Å². The summed E-state index contributed by atoms with van der Waals surface area (Å²) in [6.07, 6.45) is 0.807. The van der Waals surface area contributed by atoms with Gasteiger partial charge in [-0.25, -0.2) is 13.6 Å². The molecule has 2 heterocycles. The number of nitrogens with one attached hydrogen (secondary N) is 1. The Hall–Kier alpha value is -2.50. The molecule has 3 aromatic rings. The molecule has 1 N–H and O–H groups in total. The van der Waals surface area contributed by atoms with E-state index in [0.717, 1.165) is 6.20 Å². The number of aromatic amines is 1. The van der Waals surface area contributed by atoms with Crippen molar-refractivity contribution in [2.24, 2.45) is 0 Å². The number of rotatable bonds is 1. The maximum Gasteiger partial charge on any atom is 0.345 e. The lowest BCUT2D eigenvalue weighted by atomic mass is 10.2. The molecule has 6 heteroatoms. The van der Waals surface area contributed by atoms with E-state index in [1.807, 2.05) is 0 Å². The second-order valence-electron chi connectivity index (χ2n) is 3.70. The lowest BCUT2D eigenvalue weighted by Gasteiger charge is -1.96. The van der Waals surface area contributed by atoms with Crippen molar-refractivity contribution in [3.8, 4) is 11.5 Å². The highest BCUT2D eigenvalue weighted by molar-refractivity contribution is 5.82. The van der Waals surface area contributed by atoms with Crippen LogP contribution in [0.15, 0.2) is 39.7 Å². The van der Waals surface area contributed by atoms with Gasteiger partial charge in [0.2, 0.25) is 0 Å². The molecule has 0 atom stereocenters. The van der Waals surface area contributed by atoms with Crippen LogP contribution in [-0.2, 0) is 0 Å². The van der Waals surface area contributed by atoms with Crippen molar-refractivity contribution < 1.29 is 13.2 Å². The molecule has 1 aromatic carbocycles. The first-order chi connectivity index (χ1) is 8.63. The van der Waals surface area contributed by atoms with Gasteiger partial charge in [0.25, 0.3) is 0 Å². The molecule has 0 saturated carbocycles. The first-order valence-electron chi connectivity index (χ1n) is 5.08. The summed E-state index contributed by atoms with van der Waals surface area (Å²) >= 11 is 0. The van der Waals surface area contributed by atoms with Gasteiger partial charge in [0, 0.05) is 5.39 Å². The van der Waals surface area contributed by atoms with Crippen molar-refractivity contribution >= 4 is 11.0 Å². The van der Waals surface area contributed by atoms with E-state index >= 15 is 0 Å². The minimum atomic E-state index is -0.714. The number of fused-ring (bicyclic) bond motifs is 1. The number of halogens is 2. The number of hydrogen-bond acceptors (Lipinski definition) is 3. The molecule has 0 aliphatic carbocycles. The number of furan rings is 1. The largest absolute Gasteiger partial charge is 0.454 e. The predicted octanol–water partition coefficient (Wildman–Crippen LogP) is 2.46. The van der Waals surface area contributed by atoms with Crippen LogP contribution in [0.25, 0.3) is 22.4 Å². The number of hydrogen-bond donors (Lipinski definition) is 1. The summed E-state index contributed by atoms with van der Waals surface area (Å²) in [7, 11) is 0. The van der Waals surface area contributed by atoms with E-state index in [1.54, 1.807) is 0 Å². The molecular weight excluding hydrogens is 242 g/mol. The predicted molar refractivity (Wildman–Crippen MR) is 60.0 cm³/mol. The molecule has 0 radical (unpaired) electrons. The summed E-state index contributed by atoms with van der Waals surface area (Å²) in [5.41, 5.74) is -0.381. The summed E-state index contributed by atoms with van der Waals surface area (Å²) in [6, 6.07) is 5.39. The third kappa shape index (κ3) is 1.67. The molecule has 4 nitrogen and oxygen atoms in total. The number of H-pyrrole nitrogens is 1. The van der Waals surface area contributed by atoms with Gasteiger partial charge in [-0.3, -0.25) is 0 Å². The summed E-state index contributed by atoms with van der Waals surface area (Å²) in [5, 5.41) is 0.488. The van der Waals surface area contributed by atoms with Gasteiger partial charge in [-0.15, -0.1) is 0 Å². The maximum absolute atomic E-state index is 13.5. The Bertz CT molecular complexity index is 792. The minimum Gasteiger partial charge on any atom is -0.454 e. The Morgan fingerprint density at radius 2 is 2.06 bits per heavy atom. The Kier molecular flexibility index (Phi) is 2.22. The first kappa shape index (κ1) is 10.6. The van der Waals surface area contributed by atoms with Gasteiger partial charge >= 0.3 is 5.69 Å². The zero-order chi connectivity index (χ0) is 12.7. The van der Waals surface area contributed by atoms with Gasteiger partial charge < -0.3 is 9.40 Å². The molecule has 0 aliphatic rings. The van der Waals surface area contributed by atoms with Crippen LogP contribution >= 0.6 is 0 Å². The SMILES string of the molecule is O=c1ncc(F)c(-c2cc3cc(F)ccc3o2)[nH]1. The van der Waals surface area contributed by atoms with Crippen molar-refractivity contribution in [3.05, 3.63) is 52.6 Å². The van der Waals surface area contributed by atoms with Crippen molar-refractivity contribution in [1.82, 2.24) is 9.97 Å². The van der Waals surface area contributed by atoms with Crippen molar-refractivity contribution in [2.75, 3.05) is 0 Å². The van der Waals surface area contributed by atoms with Gasteiger partial charge in [0.15, 0.2) is 11.6 Å². The summed E-state index contributed by atoms with van der Waals surface area (Å²) in [4.78, 5) is 16.5. The lowest BCUT2D eigenvalue weighted by molar-refractivity contribution is 0.586. The van der Waals surface area contributed by atoms with E-state index in [9.17, 15) is 13.6 Å². The highest BCUT2D eigenvalue weighted by atomic mass is 19.1. The Labute approximate surface area is 98.9 Å². The monoisotopic (exact) mass is 248 g/mol. The Morgan fingerprint density at radius 1 is 1.22 bits per heavy atom. The molecule has 90 valence electrons. The van der Waals surface area contributed by atoms with Gasteiger partial charge in [0.1, 0.15) is 17.1 Å². The number of nitrogens with zero attached hydrogens (tertiary/aromatic N) is 1. The molecule has 0 unspecified atom stereocenters. The van der Waals surface area contributed by atoms with Crippen LogP contribution in [-0.4, -0.2) is 9.97 Å². The molecule has 0 fully saturated rings. The fraction of sp³-hybridized carbons (Fsp3) is 0. The fourth-order valence-electron chi connectivity index (χ4n) is 1.70. The minimum absolute atomic E-state index is 0.105. The lowest BCUT2D eigenvalue weighted by Crippen LogP contribution is -2.11. The topological polar surface area (TPSA) is 58.9 Å². The average Bonchev–Trinajstić information content (AvgIpc) is 2.74. The molecule has 0 saturated heterocycles. The van der Waals surface area contributed by atoms with E-state index < -0.39 is 17.3 Å². The molecule has 0 spiro atoms. The molecule has 0 aliphatic heterocycles. The summed E-state index contributed by atoms with van der Waals surface area (Å²) in [6.45, 7) is 0. The Morgan fingerprint density at radius 3 is 2.89 bits per heavy atom. The first-order valence-corrected chi connectivity index (χ1v) is 5.08. The molecule has 2 aromatic heterocycles. The second kappa shape index (κ2) is 3.76. The fourth-order valence-corrected chi connectivity index (χ4v) is 1.70. The van der Waals surface area contributed by atoms with Gasteiger partial charge in [-0.05, 0) is 24.3 Å². The number of benzene rings is 1. The van der Waals surface area contributed by atoms with Crippen LogP contribution in [0, 0.1) is 11.6 Å². The molecule has 0 amide bonds. The number of aromatic nitrogens is 2. The third-order valence-corrected chi connectivity index (χ3v) is 2.49. The van der Waals surface area contributed by atoms with E-state index in [4.69, 9.17) is 4.42 Å². The third-order valence-electron chi connectivity index (χ3n) is 2.49. The average molecular weight is 248 g/mol. The zero-order valence-electron chi connectivity index (χ0n) is 8.91. The van der Waals surface area contributed by atoms with Gasteiger partial charge in [0.05, 0.1) is 6.20 Å². The van der Waals surface area contributed by atoms with Crippen molar-refractivity contribution in [1.29, 1.82) is 0 Å². The van der Waals surface area contributed by atoms with Crippen LogP contribution in [0.5, 0.6) is 0 Å². The maximum atomic E-state index is 13.5. The normalized spacial score (nSPS) is 11.0. The summed E-state index contributed by atoms with van der Waals surface area (Å²) < 4.78 is 31.8. The molecular formula is C12H6F2N2O2. The van der Waals surface area contributed by atoms with Crippen LogP contribution in [0.2, 0.25) is 0 Å². The summed E-state index contributed by atoms with van der Waals surface area (Å²) in [5.74, 6) is -1.01. The van der Waals surface area contributed by atoms with E-state index in [-0.39, 0.29) is 11.5 Å². The van der Waals surface area contributed by atoms with Gasteiger partial charge in [-0.1, -0.05) is 0 Å². The van der Waals surface area contributed by atoms with Crippen LogP contribution in [0.4, 0.5) is 8.78 Å².